The summed E-state index contributed by atoms with van der Waals surface area (Å²) in [5, 5.41) is 0. The number of hydrogen-bond acceptors (Lipinski definition) is 0. The van der Waals surface area contributed by atoms with E-state index in [0.29, 0.717) is 15.6 Å². The number of hydrogen-bond donors (Lipinski definition) is 0. The maximum Gasteiger partial charge on any atom is 0.159 e. The predicted molar refractivity (Wildman–Crippen MR) is 53.8 cm³/mol. The Bertz CT molecular complexity index is 350. The van der Waals surface area contributed by atoms with E-state index >= 15 is 0 Å². The minimum Gasteiger partial charge on any atom is -0.204 e. The lowest BCUT2D eigenvalue weighted by molar-refractivity contribution is 0.507. The topological polar surface area (TPSA) is 0 Å². The van der Waals surface area contributed by atoms with Crippen molar-refractivity contribution >= 4 is 33.1 Å². The normalized spacial score (nSPS) is 10.2. The molecule has 4 heteroatoms. The van der Waals surface area contributed by atoms with Crippen molar-refractivity contribution in [2.24, 2.45) is 0 Å². The van der Waals surface area contributed by atoms with Crippen molar-refractivity contribution in [1.29, 1.82) is 0 Å². The molecule has 0 aromatic heterocycles. The molecule has 0 aliphatic heterocycles. The third-order valence-electron chi connectivity index (χ3n) is 1.55. The van der Waals surface area contributed by atoms with Crippen molar-refractivity contribution in [3.63, 3.8) is 0 Å². The lowest BCUT2D eigenvalue weighted by atomic mass is 10.1. The van der Waals surface area contributed by atoms with Gasteiger partial charge in [-0.3, -0.25) is 0 Å². The molecule has 0 amide bonds. The molecule has 1 aromatic carbocycles. The Kier molecular flexibility index (Phi) is 3.45. The largest absolute Gasteiger partial charge is 0.204 e. The third-order valence-corrected chi connectivity index (χ3v) is 2.53. The van der Waals surface area contributed by atoms with Crippen molar-refractivity contribution < 1.29 is 8.78 Å². The molecule has 1 rings (SSSR count). The lowest BCUT2D eigenvalue weighted by Gasteiger charge is -2.05. The van der Waals surface area contributed by atoms with E-state index in [1.165, 1.54) is 0 Å². The van der Waals surface area contributed by atoms with E-state index in [2.05, 4.69) is 22.5 Å². The van der Waals surface area contributed by atoms with Crippen LogP contribution in [0, 0.1) is 11.6 Å². The van der Waals surface area contributed by atoms with Gasteiger partial charge in [0.1, 0.15) is 0 Å². The summed E-state index contributed by atoms with van der Waals surface area (Å²) in [6.45, 7) is 3.62. The summed E-state index contributed by atoms with van der Waals surface area (Å²) in [6, 6.07) is 2.13. The van der Waals surface area contributed by atoms with Crippen LogP contribution in [0.25, 0.3) is 5.57 Å². The summed E-state index contributed by atoms with van der Waals surface area (Å²) in [6.07, 6.45) is 0. The van der Waals surface area contributed by atoms with Crippen LogP contribution in [-0.2, 0) is 0 Å². The molecule has 0 heterocycles. The van der Waals surface area contributed by atoms with Gasteiger partial charge in [-0.2, -0.15) is 0 Å². The Hall–Kier alpha value is -0.410. The molecular weight excluding hydrogens is 261 g/mol. The van der Waals surface area contributed by atoms with Crippen LogP contribution >= 0.6 is 27.5 Å². The maximum absolute atomic E-state index is 12.8. The molecule has 0 aliphatic carbocycles. The SMILES string of the molecule is C=C(CCl)c1cc(F)c(F)cc1Br. The molecule has 0 fully saturated rings. The molecule has 0 saturated heterocycles. The second kappa shape index (κ2) is 4.20. The Balaban J connectivity index is 3.23. The van der Waals surface area contributed by atoms with Crippen LogP contribution < -0.4 is 0 Å². The molecule has 0 radical (unpaired) electrons. The Labute approximate surface area is 88.3 Å². The summed E-state index contributed by atoms with van der Waals surface area (Å²) in [5.41, 5.74) is 1.04. The van der Waals surface area contributed by atoms with Gasteiger partial charge in [-0.05, 0) is 23.3 Å². The molecule has 0 aliphatic rings. The molecule has 1 aromatic rings. The van der Waals surface area contributed by atoms with Gasteiger partial charge in [0.2, 0.25) is 0 Å². The standard InChI is InChI=1S/C9H6BrClF2/c1-5(4-11)6-2-8(12)9(13)3-7(6)10/h2-3H,1,4H2. The van der Waals surface area contributed by atoms with Crippen LogP contribution in [0.15, 0.2) is 23.2 Å². The molecule has 0 nitrogen and oxygen atoms in total. The van der Waals surface area contributed by atoms with E-state index in [1.807, 2.05) is 0 Å². The summed E-state index contributed by atoms with van der Waals surface area (Å²) in [4.78, 5) is 0. The van der Waals surface area contributed by atoms with Gasteiger partial charge in [0.15, 0.2) is 11.6 Å². The van der Waals surface area contributed by atoms with Crippen molar-refractivity contribution in [2.45, 2.75) is 0 Å². The zero-order valence-corrected chi connectivity index (χ0v) is 8.92. The fraction of sp³-hybridized carbons (Fsp3) is 0.111. The van der Waals surface area contributed by atoms with E-state index < -0.39 is 11.6 Å². The molecule has 0 spiro atoms. The molecule has 13 heavy (non-hydrogen) atoms. The summed E-state index contributed by atoms with van der Waals surface area (Å²) in [7, 11) is 0. The Morgan fingerprint density at radius 2 is 1.92 bits per heavy atom. The molecular formula is C9H6BrClF2. The molecule has 70 valence electrons. The van der Waals surface area contributed by atoms with Gasteiger partial charge in [0.05, 0.1) is 0 Å². The quantitative estimate of drug-likeness (QED) is 0.562. The first-order chi connectivity index (χ1) is 6.06. The van der Waals surface area contributed by atoms with Crippen molar-refractivity contribution in [2.75, 3.05) is 5.88 Å². The zero-order chi connectivity index (χ0) is 10.0. The van der Waals surface area contributed by atoms with Crippen molar-refractivity contribution in [1.82, 2.24) is 0 Å². The zero-order valence-electron chi connectivity index (χ0n) is 6.58. The third kappa shape index (κ3) is 2.29. The van der Waals surface area contributed by atoms with Crippen LogP contribution in [0.2, 0.25) is 0 Å². The van der Waals surface area contributed by atoms with Gasteiger partial charge in [0.25, 0.3) is 0 Å². The van der Waals surface area contributed by atoms with Crippen LogP contribution in [-0.4, -0.2) is 5.88 Å². The van der Waals surface area contributed by atoms with Gasteiger partial charge < -0.3 is 0 Å². The predicted octanol–water partition coefficient (Wildman–Crippen LogP) is 3.98. The minimum absolute atomic E-state index is 0.184. The average Bonchev–Trinajstić information content (AvgIpc) is 2.10. The van der Waals surface area contributed by atoms with Gasteiger partial charge in [-0.1, -0.05) is 22.5 Å². The Morgan fingerprint density at radius 1 is 1.38 bits per heavy atom. The molecule has 0 unspecified atom stereocenters. The molecule has 0 bridgehead atoms. The highest BCUT2D eigenvalue weighted by molar-refractivity contribution is 9.10. The first-order valence-electron chi connectivity index (χ1n) is 3.45. The summed E-state index contributed by atoms with van der Waals surface area (Å²) in [5.74, 6) is -1.61. The highest BCUT2D eigenvalue weighted by Gasteiger charge is 2.09. The van der Waals surface area contributed by atoms with Crippen LogP contribution in [0.1, 0.15) is 5.56 Å². The van der Waals surface area contributed by atoms with E-state index in [9.17, 15) is 8.78 Å². The second-order valence-corrected chi connectivity index (χ2v) is 3.60. The van der Waals surface area contributed by atoms with E-state index in [0.717, 1.165) is 12.1 Å². The first-order valence-corrected chi connectivity index (χ1v) is 4.77. The highest BCUT2D eigenvalue weighted by Crippen LogP contribution is 2.26. The fourth-order valence-corrected chi connectivity index (χ4v) is 1.61. The lowest BCUT2D eigenvalue weighted by Crippen LogP contribution is -1.91. The fourth-order valence-electron chi connectivity index (χ4n) is 0.865. The van der Waals surface area contributed by atoms with Gasteiger partial charge in [-0.15, -0.1) is 11.6 Å². The van der Waals surface area contributed by atoms with Crippen molar-refractivity contribution in [3.05, 3.63) is 40.4 Å². The number of benzene rings is 1. The maximum atomic E-state index is 12.8. The number of allylic oxidation sites excluding steroid dienone is 1. The van der Waals surface area contributed by atoms with Crippen LogP contribution in [0.3, 0.4) is 0 Å². The average molecular weight is 268 g/mol. The first kappa shape index (κ1) is 10.7. The van der Waals surface area contributed by atoms with E-state index in [4.69, 9.17) is 11.6 Å². The van der Waals surface area contributed by atoms with E-state index in [1.54, 1.807) is 0 Å². The number of halogens is 4. The number of alkyl halides is 1. The molecule has 0 atom stereocenters. The Morgan fingerprint density at radius 3 is 2.46 bits per heavy atom. The van der Waals surface area contributed by atoms with E-state index in [-0.39, 0.29) is 5.88 Å². The van der Waals surface area contributed by atoms with Gasteiger partial charge in [-0.25, -0.2) is 8.78 Å². The number of rotatable bonds is 2. The van der Waals surface area contributed by atoms with Crippen molar-refractivity contribution in [3.8, 4) is 0 Å². The molecule has 0 saturated carbocycles. The monoisotopic (exact) mass is 266 g/mol. The molecule has 0 N–H and O–H groups in total. The summed E-state index contributed by atoms with van der Waals surface area (Å²) < 4.78 is 25.9. The second-order valence-electron chi connectivity index (χ2n) is 2.48. The van der Waals surface area contributed by atoms with Gasteiger partial charge in [0, 0.05) is 10.4 Å². The van der Waals surface area contributed by atoms with Gasteiger partial charge >= 0.3 is 0 Å². The minimum atomic E-state index is -0.899. The van der Waals surface area contributed by atoms with Crippen LogP contribution in [0.4, 0.5) is 8.78 Å². The summed E-state index contributed by atoms with van der Waals surface area (Å²) >= 11 is 8.61. The highest BCUT2D eigenvalue weighted by atomic mass is 79.9. The smallest absolute Gasteiger partial charge is 0.159 e. The van der Waals surface area contributed by atoms with Crippen LogP contribution in [0.5, 0.6) is 0 Å².